The number of benzene rings is 1. The Morgan fingerprint density at radius 1 is 1.13 bits per heavy atom. The van der Waals surface area contributed by atoms with Gasteiger partial charge in [0.25, 0.3) is 5.56 Å². The zero-order valence-electron chi connectivity index (χ0n) is 20.5. The zero-order chi connectivity index (χ0) is 26.8. The van der Waals surface area contributed by atoms with Crippen molar-refractivity contribution in [1.82, 2.24) is 29.2 Å². The van der Waals surface area contributed by atoms with Gasteiger partial charge in [0.15, 0.2) is 0 Å². The van der Waals surface area contributed by atoms with Gasteiger partial charge in [0.1, 0.15) is 30.0 Å². The van der Waals surface area contributed by atoms with Gasteiger partial charge in [-0.05, 0) is 36.6 Å². The van der Waals surface area contributed by atoms with Gasteiger partial charge in [0.05, 0.1) is 11.0 Å². The predicted molar refractivity (Wildman–Crippen MR) is 130 cm³/mol. The van der Waals surface area contributed by atoms with Crippen LogP contribution in [-0.2, 0) is 25.2 Å². The molecule has 3 aromatic heterocycles. The van der Waals surface area contributed by atoms with Crippen LogP contribution in [0.5, 0.6) is 0 Å². The molecule has 0 bridgehead atoms. The van der Waals surface area contributed by atoms with E-state index in [0.29, 0.717) is 5.69 Å². The fraction of sp³-hybridized carbons (Fsp3) is 0.423. The Kier molecular flexibility index (Phi) is 5.71. The lowest BCUT2D eigenvalue weighted by molar-refractivity contribution is -0.136. The molecule has 4 aromatic rings. The van der Waals surface area contributed by atoms with Gasteiger partial charge >= 0.3 is 6.18 Å². The van der Waals surface area contributed by atoms with E-state index in [0.717, 1.165) is 41.4 Å². The molecule has 1 N–H and O–H groups in total. The molecule has 1 aliphatic heterocycles. The number of hydrogen-bond donors (Lipinski definition) is 1. The second kappa shape index (κ2) is 8.75. The number of nitrogens with zero attached hydrogens (tertiary/aromatic N) is 5. The molecule has 1 aliphatic carbocycles. The molecule has 6 rings (SSSR count). The van der Waals surface area contributed by atoms with E-state index in [1.165, 1.54) is 11.0 Å². The highest BCUT2D eigenvalue weighted by Gasteiger charge is 2.44. The molecule has 0 radical (unpaired) electrons. The number of likely N-dealkylation sites (tertiary alicyclic amines) is 1. The van der Waals surface area contributed by atoms with Crippen LogP contribution in [0.15, 0.2) is 47.7 Å². The zero-order valence-corrected chi connectivity index (χ0v) is 20.5. The smallest absolute Gasteiger partial charge is 0.353 e. The van der Waals surface area contributed by atoms with Gasteiger partial charge in [0, 0.05) is 49.6 Å². The Balaban J connectivity index is 1.45. The van der Waals surface area contributed by atoms with Crippen molar-refractivity contribution in [2.24, 2.45) is 7.05 Å². The maximum atomic E-state index is 14.2. The summed E-state index contributed by atoms with van der Waals surface area (Å²) >= 11 is 0. The normalized spacial score (nSPS) is 21.7. The minimum atomic E-state index is -4.74. The molecule has 38 heavy (non-hydrogen) atoms. The van der Waals surface area contributed by atoms with Crippen LogP contribution in [0, 0.1) is 0 Å². The molecule has 7 nitrogen and oxygen atoms in total. The van der Waals surface area contributed by atoms with Crippen LogP contribution in [0.3, 0.4) is 0 Å². The highest BCUT2D eigenvalue weighted by Crippen LogP contribution is 2.48. The quantitative estimate of drug-likeness (QED) is 0.386. The minimum absolute atomic E-state index is 0.00195. The number of hydrogen-bond acceptors (Lipinski definition) is 4. The first kappa shape index (κ1) is 24.8. The third-order valence-corrected chi connectivity index (χ3v) is 7.83. The first-order chi connectivity index (χ1) is 18.1. The molecule has 1 saturated carbocycles. The summed E-state index contributed by atoms with van der Waals surface area (Å²) in [4.78, 5) is 17.8. The van der Waals surface area contributed by atoms with Crippen LogP contribution in [0.25, 0.3) is 16.6 Å². The van der Waals surface area contributed by atoms with Crippen LogP contribution in [0.4, 0.5) is 22.0 Å². The maximum absolute atomic E-state index is 14.2. The number of pyridine rings is 1. The summed E-state index contributed by atoms with van der Waals surface area (Å²) in [6, 6.07) is 8.19. The number of halogens is 5. The maximum Gasteiger partial charge on any atom is 0.418 e. The van der Waals surface area contributed by atoms with Gasteiger partial charge < -0.3 is 9.55 Å². The molecule has 2 fully saturated rings. The van der Waals surface area contributed by atoms with Crippen LogP contribution >= 0.6 is 0 Å². The molecule has 0 amide bonds. The number of aromatic nitrogens is 5. The van der Waals surface area contributed by atoms with Gasteiger partial charge in [0.2, 0.25) is 0 Å². The number of rotatable bonds is 5. The summed E-state index contributed by atoms with van der Waals surface area (Å²) < 4.78 is 72.6. The molecule has 2 aliphatic rings. The van der Waals surface area contributed by atoms with Gasteiger partial charge in [-0.1, -0.05) is 18.6 Å². The van der Waals surface area contributed by atoms with Crippen molar-refractivity contribution in [1.29, 1.82) is 0 Å². The van der Waals surface area contributed by atoms with E-state index < -0.39 is 35.1 Å². The van der Waals surface area contributed by atoms with Gasteiger partial charge in [-0.2, -0.15) is 13.2 Å². The third-order valence-electron chi connectivity index (χ3n) is 7.83. The molecule has 2 atom stereocenters. The molecule has 4 heterocycles. The van der Waals surface area contributed by atoms with Crippen molar-refractivity contribution in [2.45, 2.75) is 49.7 Å². The average molecular weight is 533 g/mol. The first-order valence-corrected chi connectivity index (χ1v) is 12.4. The number of H-pyrrole nitrogens is 1. The lowest BCUT2D eigenvalue weighted by Crippen LogP contribution is -2.38. The fourth-order valence-corrected chi connectivity index (χ4v) is 5.78. The Labute approximate surface area is 213 Å². The number of nitrogens with one attached hydrogen (secondary N) is 1. The van der Waals surface area contributed by atoms with Gasteiger partial charge in [-0.3, -0.25) is 14.3 Å². The highest BCUT2D eigenvalue weighted by atomic mass is 19.4. The molecular weight excluding hydrogens is 507 g/mol. The van der Waals surface area contributed by atoms with Crippen molar-refractivity contribution in [3.05, 3.63) is 75.9 Å². The van der Waals surface area contributed by atoms with Crippen LogP contribution in [0.1, 0.15) is 41.9 Å². The number of aryl methyl sites for hydroxylation is 1. The molecular formula is C26H25F5N6O. The van der Waals surface area contributed by atoms with Crippen molar-refractivity contribution in [3.8, 4) is 5.69 Å². The second-order valence-electron chi connectivity index (χ2n) is 10.3. The summed E-state index contributed by atoms with van der Waals surface area (Å²) in [7, 11) is 1.85. The average Bonchev–Trinajstić information content (AvgIpc) is 3.52. The molecule has 0 unspecified atom stereocenters. The topological polar surface area (TPSA) is 71.7 Å². The number of alkyl halides is 5. The van der Waals surface area contributed by atoms with E-state index in [4.69, 9.17) is 0 Å². The van der Waals surface area contributed by atoms with Crippen molar-refractivity contribution in [2.75, 3.05) is 13.1 Å². The van der Waals surface area contributed by atoms with E-state index in [1.54, 1.807) is 24.5 Å². The molecule has 12 heteroatoms. The lowest BCUT2D eigenvalue weighted by Gasteiger charge is -2.41. The highest BCUT2D eigenvalue weighted by molar-refractivity contribution is 5.84. The molecule has 200 valence electrons. The predicted octanol–water partition coefficient (Wildman–Crippen LogP) is 4.43. The summed E-state index contributed by atoms with van der Waals surface area (Å²) in [5, 5.41) is 8.01. The molecule has 0 spiro atoms. The lowest BCUT2D eigenvalue weighted by atomic mass is 9.63. The van der Waals surface area contributed by atoms with Crippen molar-refractivity contribution < 1.29 is 22.0 Å². The van der Waals surface area contributed by atoms with Gasteiger partial charge in [-0.25, -0.2) is 8.78 Å². The Hall–Kier alpha value is -3.54. The fourth-order valence-electron chi connectivity index (χ4n) is 5.78. The van der Waals surface area contributed by atoms with E-state index in [9.17, 15) is 26.7 Å². The number of aromatic amines is 1. The van der Waals surface area contributed by atoms with E-state index in [2.05, 4.69) is 15.2 Å². The Morgan fingerprint density at radius 2 is 1.87 bits per heavy atom. The van der Waals surface area contributed by atoms with E-state index in [-0.39, 0.29) is 36.2 Å². The summed E-state index contributed by atoms with van der Waals surface area (Å²) in [6.45, 7) is -0.318. The number of fused-ring (bicyclic) bond motifs is 1. The van der Waals surface area contributed by atoms with E-state index in [1.807, 2.05) is 17.7 Å². The molecule has 1 aromatic carbocycles. The van der Waals surface area contributed by atoms with E-state index >= 15 is 0 Å². The molecule has 1 saturated heterocycles. The Bertz CT molecular complexity index is 1560. The van der Waals surface area contributed by atoms with Crippen molar-refractivity contribution >= 4 is 10.9 Å². The van der Waals surface area contributed by atoms with Crippen LogP contribution < -0.4 is 5.56 Å². The third kappa shape index (κ3) is 3.93. The van der Waals surface area contributed by atoms with Crippen LogP contribution in [0.2, 0.25) is 0 Å². The van der Waals surface area contributed by atoms with Crippen molar-refractivity contribution in [3.63, 3.8) is 0 Å². The summed E-state index contributed by atoms with van der Waals surface area (Å²) in [5.74, 6) is 0.765. The first-order valence-electron chi connectivity index (χ1n) is 12.4. The van der Waals surface area contributed by atoms with Crippen LogP contribution in [-0.4, -0.2) is 54.6 Å². The largest absolute Gasteiger partial charge is 0.418 e. The summed E-state index contributed by atoms with van der Waals surface area (Å²) in [6.07, 6.45) is -3.01. The Morgan fingerprint density at radius 3 is 2.47 bits per heavy atom. The SMILES string of the molecule is Cn1cnnc1C1(c2cccc(-n3cc(C(F)(F)F)c4cc(CN5C[C@@H](F)[C@@H](F)C5)[nH]c4c3=O)c2)CCC1. The second-order valence-corrected chi connectivity index (χ2v) is 10.3. The standard InChI is InChI=1S/C26H25F5N6O/c1-35-14-32-34-24(35)25(6-3-7-25)15-4-2-5-17(8-15)37-11-19(26(29,30)31)18-9-16(33-22(18)23(37)38)10-36-12-20(27)21(28)13-36/h2,4-5,8-9,11,14,20-21,33H,3,6-7,10,12-13H2,1H3/t20-,21+. The minimum Gasteiger partial charge on any atom is -0.353 e. The monoisotopic (exact) mass is 532 g/mol. The summed E-state index contributed by atoms with van der Waals surface area (Å²) in [5.41, 5.74) is -0.832. The van der Waals surface area contributed by atoms with Gasteiger partial charge in [-0.15, -0.1) is 10.2 Å².